The number of Topliss-reactive ketones (excluding diaryl/α,β-unsaturated/α-hetero) is 1. The highest BCUT2D eigenvalue weighted by Gasteiger charge is 2.37. The maximum absolute atomic E-state index is 13.5. The minimum Gasteiger partial charge on any atom is -0.300 e. The highest BCUT2D eigenvalue weighted by Crippen LogP contribution is 2.50. The van der Waals surface area contributed by atoms with Gasteiger partial charge in [0.25, 0.3) is 0 Å². The van der Waals surface area contributed by atoms with Crippen LogP contribution in [0.5, 0.6) is 0 Å². The zero-order valence-electron chi connectivity index (χ0n) is 25.5. The summed E-state index contributed by atoms with van der Waals surface area (Å²) >= 11 is 79.3. The monoisotopic (exact) mass is 948 g/mol. The third-order valence-electron chi connectivity index (χ3n) is 7.72. The van der Waals surface area contributed by atoms with Gasteiger partial charge in [0.2, 0.25) is 15.2 Å². The Bertz CT molecular complexity index is 1750. The number of carbonyl (C=O) groups is 1. The Labute approximate surface area is 358 Å². The summed E-state index contributed by atoms with van der Waals surface area (Å²) in [6, 6.07) is 11.0. The second kappa shape index (κ2) is 16.6. The average molecular weight is 954 g/mol. The van der Waals surface area contributed by atoms with Crippen molar-refractivity contribution in [1.82, 2.24) is 29.9 Å². The summed E-state index contributed by atoms with van der Waals surface area (Å²) in [4.78, 5) is 39.1. The Hall–Kier alpha value is -0.100. The number of hydrogen-bond acceptors (Lipinski definition) is 7. The lowest BCUT2D eigenvalue weighted by Gasteiger charge is -2.17. The number of halogens is 13. The first-order valence-corrected chi connectivity index (χ1v) is 19.9. The molecular formula is C31H21Cl13N6O. The van der Waals surface area contributed by atoms with Crippen LogP contribution < -0.4 is 0 Å². The molecule has 1 aliphatic carbocycles. The van der Waals surface area contributed by atoms with E-state index in [9.17, 15) is 4.79 Å². The van der Waals surface area contributed by atoms with E-state index in [-0.39, 0.29) is 47.2 Å². The molecular weight excluding hydrogens is 933 g/mol. The van der Waals surface area contributed by atoms with Crippen molar-refractivity contribution in [1.29, 1.82) is 0 Å². The predicted molar refractivity (Wildman–Crippen MR) is 212 cm³/mol. The number of ketones is 1. The number of unbranched alkanes of at least 4 members (excludes halogenated alkanes) is 3. The quantitative estimate of drug-likeness (QED) is 0.115. The Kier molecular flexibility index (Phi) is 13.6. The summed E-state index contributed by atoms with van der Waals surface area (Å²) in [5, 5.41) is 0. The van der Waals surface area contributed by atoms with Crippen LogP contribution in [0.25, 0.3) is 33.9 Å². The molecule has 1 aliphatic rings. The summed E-state index contributed by atoms with van der Waals surface area (Å²) in [6.45, 7) is 0. The van der Waals surface area contributed by atoms with Crippen LogP contribution in [0.3, 0.4) is 0 Å². The average Bonchev–Trinajstić information content (AvgIpc) is 3.34. The van der Waals surface area contributed by atoms with Crippen LogP contribution in [-0.4, -0.2) is 41.6 Å². The Morgan fingerprint density at radius 1 is 0.529 bits per heavy atom. The Balaban J connectivity index is 1.62. The lowest BCUT2D eigenvalue weighted by atomic mass is 9.89. The molecule has 0 radical (unpaired) electrons. The van der Waals surface area contributed by atoms with Crippen molar-refractivity contribution in [3.63, 3.8) is 0 Å². The van der Waals surface area contributed by atoms with Crippen LogP contribution >= 0.6 is 151 Å². The van der Waals surface area contributed by atoms with E-state index in [4.69, 9.17) is 151 Å². The van der Waals surface area contributed by atoms with Gasteiger partial charge in [-0.25, -0.2) is 29.9 Å². The SMILES string of the molecule is O=C(CCCCCCCl)CC1c2cc(-c3nc(C(Cl)(Cl)Cl)nc(C(Cl)(Cl)Cl)n3)ccc2-c2ccc(-c3nc(C(Cl)(Cl)Cl)nc(C(Cl)(Cl)Cl)n3)cc21. The predicted octanol–water partition coefficient (Wildman–Crippen LogP) is 13.0. The fourth-order valence-electron chi connectivity index (χ4n) is 5.48. The molecule has 2 heterocycles. The molecule has 4 aromatic rings. The third kappa shape index (κ3) is 10.4. The molecule has 0 saturated carbocycles. The normalized spacial score (nSPS) is 13.7. The lowest BCUT2D eigenvalue weighted by molar-refractivity contribution is -0.119. The van der Waals surface area contributed by atoms with Crippen molar-refractivity contribution in [3.8, 4) is 33.9 Å². The number of carbonyl (C=O) groups excluding carboxylic acids is 1. The van der Waals surface area contributed by atoms with Gasteiger partial charge in [0.15, 0.2) is 34.9 Å². The Morgan fingerprint density at radius 3 is 1.25 bits per heavy atom. The molecule has 51 heavy (non-hydrogen) atoms. The van der Waals surface area contributed by atoms with Gasteiger partial charge in [-0.1, -0.05) is 176 Å². The summed E-state index contributed by atoms with van der Waals surface area (Å²) < 4.78 is -8.20. The first-order chi connectivity index (χ1) is 23.7. The molecule has 2 aromatic carbocycles. The topological polar surface area (TPSA) is 94.4 Å². The third-order valence-corrected chi connectivity index (χ3v) is 10.0. The van der Waals surface area contributed by atoms with E-state index in [1.807, 2.05) is 24.3 Å². The van der Waals surface area contributed by atoms with Gasteiger partial charge in [0, 0.05) is 35.8 Å². The van der Waals surface area contributed by atoms with Crippen molar-refractivity contribution in [2.75, 3.05) is 5.88 Å². The Morgan fingerprint density at radius 2 is 0.902 bits per heavy atom. The summed E-state index contributed by atoms with van der Waals surface area (Å²) in [5.41, 5.74) is 4.31. The van der Waals surface area contributed by atoms with Crippen molar-refractivity contribution >= 4 is 157 Å². The highest BCUT2D eigenvalue weighted by molar-refractivity contribution is 6.68. The number of aromatic nitrogens is 6. The standard InChI is InChI=1S/C31H21Cl13N6O/c32-10-4-2-1-3-5-16(51)13-21-19-11-14(22-45-24(28(33,34)35)49-25(46-22)29(36,37)38)6-8-17(19)18-9-7-15(12-20(18)21)23-47-26(30(39,40)41)50-27(48-23)31(42,43)44/h6-9,11-12,21H,1-5,10,13H2. The number of nitrogens with zero attached hydrogens (tertiary/aromatic N) is 6. The van der Waals surface area contributed by atoms with Gasteiger partial charge < -0.3 is 0 Å². The van der Waals surface area contributed by atoms with Crippen LogP contribution in [0, 0.1) is 0 Å². The fourth-order valence-corrected chi connectivity index (χ4v) is 6.68. The first kappa shape index (κ1) is 42.1. The summed E-state index contributed by atoms with van der Waals surface area (Å²) in [5.74, 6) is -0.579. The lowest BCUT2D eigenvalue weighted by Crippen LogP contribution is -2.17. The maximum Gasteiger partial charge on any atom is 0.250 e. The molecule has 0 unspecified atom stereocenters. The number of alkyl halides is 13. The smallest absolute Gasteiger partial charge is 0.250 e. The number of fused-ring (bicyclic) bond motifs is 3. The molecule has 20 heteroatoms. The van der Waals surface area contributed by atoms with Crippen molar-refractivity contribution in [2.24, 2.45) is 0 Å². The summed E-state index contributed by atoms with van der Waals surface area (Å²) in [6.07, 6.45) is 4.01. The van der Waals surface area contributed by atoms with Gasteiger partial charge in [-0.2, -0.15) is 0 Å². The molecule has 0 saturated heterocycles. The van der Waals surface area contributed by atoms with E-state index in [1.165, 1.54) is 0 Å². The van der Waals surface area contributed by atoms with Crippen LogP contribution in [-0.2, 0) is 20.0 Å². The second-order valence-electron chi connectivity index (χ2n) is 11.4. The number of rotatable bonds is 10. The molecule has 0 spiro atoms. The molecule has 0 bridgehead atoms. The van der Waals surface area contributed by atoms with Gasteiger partial charge in [-0.15, -0.1) is 11.6 Å². The van der Waals surface area contributed by atoms with Gasteiger partial charge in [0.1, 0.15) is 5.78 Å². The fraction of sp³-hybridized carbons (Fsp3) is 0.387. The van der Waals surface area contributed by atoms with E-state index >= 15 is 0 Å². The zero-order chi connectivity index (χ0) is 37.5. The first-order valence-electron chi connectivity index (χ1n) is 14.8. The van der Waals surface area contributed by atoms with Crippen molar-refractivity contribution < 1.29 is 4.79 Å². The van der Waals surface area contributed by atoms with Crippen LogP contribution in [0.1, 0.15) is 78.9 Å². The van der Waals surface area contributed by atoms with Crippen molar-refractivity contribution in [3.05, 3.63) is 70.8 Å². The minimum absolute atomic E-state index is 0.0646. The molecule has 0 atom stereocenters. The molecule has 0 amide bonds. The molecule has 2 aromatic heterocycles. The number of hydrogen-bond donors (Lipinski definition) is 0. The van der Waals surface area contributed by atoms with Gasteiger partial charge in [-0.3, -0.25) is 4.79 Å². The summed E-state index contributed by atoms with van der Waals surface area (Å²) in [7, 11) is 0. The van der Waals surface area contributed by atoms with E-state index < -0.39 is 21.1 Å². The molecule has 0 N–H and O–H groups in total. The highest BCUT2D eigenvalue weighted by atomic mass is 35.6. The van der Waals surface area contributed by atoms with Crippen LogP contribution in [0.15, 0.2) is 36.4 Å². The second-order valence-corrected chi connectivity index (χ2v) is 20.9. The van der Waals surface area contributed by atoms with Crippen LogP contribution in [0.2, 0.25) is 0 Å². The largest absolute Gasteiger partial charge is 0.300 e. The number of benzene rings is 2. The zero-order valence-corrected chi connectivity index (χ0v) is 35.3. The molecule has 0 fully saturated rings. The molecule has 5 rings (SSSR count). The van der Waals surface area contributed by atoms with E-state index in [2.05, 4.69) is 29.9 Å². The molecule has 272 valence electrons. The van der Waals surface area contributed by atoms with E-state index in [1.54, 1.807) is 12.1 Å². The van der Waals surface area contributed by atoms with Crippen molar-refractivity contribution in [2.45, 2.75) is 59.6 Å². The molecule has 7 nitrogen and oxygen atoms in total. The van der Waals surface area contributed by atoms with E-state index in [0.29, 0.717) is 23.4 Å². The minimum atomic E-state index is -2.05. The maximum atomic E-state index is 13.5. The van der Waals surface area contributed by atoms with Gasteiger partial charge >= 0.3 is 0 Å². The van der Waals surface area contributed by atoms with Crippen LogP contribution in [0.4, 0.5) is 0 Å². The molecule has 0 aliphatic heterocycles. The van der Waals surface area contributed by atoms with Gasteiger partial charge in [-0.05, 0) is 47.2 Å². The van der Waals surface area contributed by atoms with E-state index in [0.717, 1.165) is 47.9 Å². The van der Waals surface area contributed by atoms with Gasteiger partial charge in [0.05, 0.1) is 0 Å².